The number of carbonyl (C=O) groups is 1. The molecule has 80 valence electrons. The Morgan fingerprint density at radius 3 is 2.87 bits per heavy atom. The number of benzene rings is 1. The van der Waals surface area contributed by atoms with E-state index >= 15 is 0 Å². The van der Waals surface area contributed by atoms with Gasteiger partial charge in [-0.3, -0.25) is 4.79 Å². The molecule has 0 fully saturated rings. The zero-order valence-corrected chi connectivity index (χ0v) is 8.95. The van der Waals surface area contributed by atoms with Crippen LogP contribution >= 0.6 is 0 Å². The minimum Gasteiger partial charge on any atom is -0.508 e. The van der Waals surface area contributed by atoms with Gasteiger partial charge in [0, 0.05) is 6.42 Å². The molecule has 1 atom stereocenters. The molecular weight excluding hydrogens is 190 g/mol. The molecule has 0 aliphatic heterocycles. The van der Waals surface area contributed by atoms with Crippen LogP contribution in [-0.2, 0) is 4.79 Å². The highest BCUT2D eigenvalue weighted by Crippen LogP contribution is 2.28. The zero-order chi connectivity index (χ0) is 11.4. The molecular formula is C12H15NO2. The number of phenolic OH excluding ortho intramolecular Hbond substituents is 1. The quantitative estimate of drug-likeness (QED) is 0.741. The Labute approximate surface area is 89.3 Å². The van der Waals surface area contributed by atoms with Crippen molar-refractivity contribution in [2.75, 3.05) is 0 Å². The second-order valence-electron chi connectivity index (χ2n) is 3.78. The summed E-state index contributed by atoms with van der Waals surface area (Å²) in [5.41, 5.74) is 1.82. The van der Waals surface area contributed by atoms with Crippen molar-refractivity contribution in [2.45, 2.75) is 26.2 Å². The Hall–Kier alpha value is -1.64. The fraction of sp³-hybridized carbons (Fsp3) is 0.333. The van der Waals surface area contributed by atoms with Crippen molar-refractivity contribution in [3.8, 4) is 5.75 Å². The van der Waals surface area contributed by atoms with E-state index in [0.29, 0.717) is 0 Å². The Morgan fingerprint density at radius 2 is 2.27 bits per heavy atom. The number of Topliss-reactive ketones (excluding diaryl/α,β-unsaturated/α-hetero) is 1. The van der Waals surface area contributed by atoms with Gasteiger partial charge in [0.25, 0.3) is 0 Å². The first-order valence-corrected chi connectivity index (χ1v) is 4.87. The van der Waals surface area contributed by atoms with E-state index in [0.717, 1.165) is 17.3 Å². The van der Waals surface area contributed by atoms with Crippen molar-refractivity contribution in [1.82, 2.24) is 0 Å². The molecule has 2 N–H and O–H groups in total. The van der Waals surface area contributed by atoms with Gasteiger partial charge < -0.3 is 10.5 Å². The van der Waals surface area contributed by atoms with E-state index in [2.05, 4.69) is 0 Å². The van der Waals surface area contributed by atoms with E-state index < -0.39 is 0 Å². The van der Waals surface area contributed by atoms with Crippen LogP contribution in [0.5, 0.6) is 5.75 Å². The molecule has 15 heavy (non-hydrogen) atoms. The molecule has 0 aromatic heterocycles. The van der Waals surface area contributed by atoms with Crippen LogP contribution in [0, 0.1) is 12.3 Å². The van der Waals surface area contributed by atoms with Crippen LogP contribution in [-0.4, -0.2) is 17.1 Å². The average Bonchev–Trinajstić information content (AvgIpc) is 2.21. The van der Waals surface area contributed by atoms with Crippen LogP contribution in [0.1, 0.15) is 30.4 Å². The molecule has 0 aliphatic rings. The first-order valence-electron chi connectivity index (χ1n) is 4.87. The van der Waals surface area contributed by atoms with Crippen LogP contribution in [0.25, 0.3) is 0 Å². The van der Waals surface area contributed by atoms with Crippen LogP contribution in [0.2, 0.25) is 0 Å². The van der Waals surface area contributed by atoms with E-state index in [-0.39, 0.29) is 23.9 Å². The molecule has 1 rings (SSSR count). The zero-order valence-electron chi connectivity index (χ0n) is 8.95. The Balaban J connectivity index is 2.90. The van der Waals surface area contributed by atoms with Crippen LogP contribution in [0.15, 0.2) is 18.2 Å². The molecule has 1 aromatic carbocycles. The molecule has 1 unspecified atom stereocenters. The summed E-state index contributed by atoms with van der Waals surface area (Å²) in [6, 6.07) is 5.33. The predicted octanol–water partition coefficient (Wildman–Crippen LogP) is 2.41. The second kappa shape index (κ2) is 4.73. The summed E-state index contributed by atoms with van der Waals surface area (Å²) < 4.78 is 0. The summed E-state index contributed by atoms with van der Waals surface area (Å²) in [5.74, 6) is -0.0618. The monoisotopic (exact) mass is 205 g/mol. The lowest BCUT2D eigenvalue weighted by Crippen LogP contribution is -2.05. The molecule has 0 saturated carbocycles. The molecule has 0 spiro atoms. The number of rotatable bonds is 4. The number of aromatic hydroxyl groups is 1. The average molecular weight is 205 g/mol. The molecule has 3 heteroatoms. The second-order valence-corrected chi connectivity index (χ2v) is 3.78. The first-order chi connectivity index (χ1) is 7.04. The minimum atomic E-state index is -0.219. The van der Waals surface area contributed by atoms with Gasteiger partial charge in [0.1, 0.15) is 5.75 Å². The molecule has 3 nitrogen and oxygen atoms in total. The van der Waals surface area contributed by atoms with Gasteiger partial charge in [0.2, 0.25) is 0 Å². The molecule has 0 saturated heterocycles. The van der Waals surface area contributed by atoms with E-state index in [4.69, 9.17) is 5.41 Å². The van der Waals surface area contributed by atoms with Gasteiger partial charge in [-0.15, -0.1) is 0 Å². The number of nitrogens with one attached hydrogen (secondary N) is 1. The van der Waals surface area contributed by atoms with Crippen molar-refractivity contribution >= 4 is 12.0 Å². The maximum absolute atomic E-state index is 11.1. The van der Waals surface area contributed by atoms with Crippen molar-refractivity contribution < 1.29 is 9.90 Å². The lowest BCUT2D eigenvalue weighted by atomic mass is 9.94. The molecule has 0 amide bonds. The molecule has 0 aliphatic carbocycles. The number of carbonyl (C=O) groups excluding carboxylic acids is 1. The van der Waals surface area contributed by atoms with Crippen molar-refractivity contribution in [2.24, 2.45) is 0 Å². The fourth-order valence-electron chi connectivity index (χ4n) is 1.54. The normalized spacial score (nSPS) is 12.1. The van der Waals surface area contributed by atoms with Gasteiger partial charge >= 0.3 is 0 Å². The molecule has 0 radical (unpaired) electrons. The minimum absolute atomic E-state index is 0.0565. The summed E-state index contributed by atoms with van der Waals surface area (Å²) in [5, 5.41) is 16.4. The highest BCUT2D eigenvalue weighted by molar-refractivity contribution is 6.26. The summed E-state index contributed by atoms with van der Waals surface area (Å²) in [6.45, 7) is 3.81. The van der Waals surface area contributed by atoms with Gasteiger partial charge in [-0.1, -0.05) is 24.6 Å². The third kappa shape index (κ3) is 2.91. The van der Waals surface area contributed by atoms with E-state index in [9.17, 15) is 9.90 Å². The highest BCUT2D eigenvalue weighted by Gasteiger charge is 2.13. The Bertz CT molecular complexity index is 385. The summed E-state index contributed by atoms with van der Waals surface area (Å²) >= 11 is 0. The molecule has 0 bridgehead atoms. The van der Waals surface area contributed by atoms with Gasteiger partial charge in [-0.05, 0) is 24.5 Å². The molecule has 0 heterocycles. The van der Waals surface area contributed by atoms with Crippen LogP contribution < -0.4 is 0 Å². The number of hydrogen-bond donors (Lipinski definition) is 2. The number of aryl methyl sites for hydroxylation is 1. The molecule has 1 aromatic rings. The standard InChI is InChI=1S/C12H15NO2/c1-8-3-4-12(15)11(5-8)9(2)6-10(14)7-13/h3-5,7,9,13,15H,6H2,1-2H3. The van der Waals surface area contributed by atoms with Crippen molar-refractivity contribution in [1.29, 1.82) is 5.41 Å². The first kappa shape index (κ1) is 11.4. The topological polar surface area (TPSA) is 61.1 Å². The lowest BCUT2D eigenvalue weighted by Gasteiger charge is -2.12. The van der Waals surface area contributed by atoms with Crippen molar-refractivity contribution in [3.05, 3.63) is 29.3 Å². The lowest BCUT2D eigenvalue weighted by molar-refractivity contribution is -0.112. The maximum Gasteiger partial charge on any atom is 0.173 e. The third-order valence-electron chi connectivity index (χ3n) is 2.38. The van der Waals surface area contributed by atoms with Gasteiger partial charge in [-0.25, -0.2) is 0 Å². The van der Waals surface area contributed by atoms with Crippen molar-refractivity contribution in [3.63, 3.8) is 0 Å². The summed E-state index contributed by atoms with van der Waals surface area (Å²) in [7, 11) is 0. The third-order valence-corrected chi connectivity index (χ3v) is 2.38. The highest BCUT2D eigenvalue weighted by atomic mass is 16.3. The summed E-state index contributed by atoms with van der Waals surface area (Å²) in [4.78, 5) is 11.1. The number of hydrogen-bond acceptors (Lipinski definition) is 3. The number of ketones is 1. The number of phenols is 1. The smallest absolute Gasteiger partial charge is 0.173 e. The SMILES string of the molecule is Cc1ccc(O)c(C(C)CC(=O)C=N)c1. The largest absolute Gasteiger partial charge is 0.508 e. The van der Waals surface area contributed by atoms with Gasteiger partial charge in [0.05, 0.1) is 6.21 Å². The van der Waals surface area contributed by atoms with Gasteiger partial charge in [-0.2, -0.15) is 0 Å². The maximum atomic E-state index is 11.1. The summed E-state index contributed by atoms with van der Waals surface area (Å²) in [6.07, 6.45) is 1.09. The van der Waals surface area contributed by atoms with Gasteiger partial charge in [0.15, 0.2) is 5.78 Å². The Morgan fingerprint density at radius 1 is 1.60 bits per heavy atom. The Kier molecular flexibility index (Phi) is 3.61. The van der Waals surface area contributed by atoms with E-state index in [1.54, 1.807) is 6.07 Å². The van der Waals surface area contributed by atoms with Crippen LogP contribution in [0.3, 0.4) is 0 Å². The predicted molar refractivity (Wildman–Crippen MR) is 59.7 cm³/mol. The van der Waals surface area contributed by atoms with Crippen LogP contribution in [0.4, 0.5) is 0 Å². The van der Waals surface area contributed by atoms with E-state index in [1.807, 2.05) is 26.0 Å². The van der Waals surface area contributed by atoms with E-state index in [1.165, 1.54) is 0 Å². The fourth-order valence-corrected chi connectivity index (χ4v) is 1.54.